The van der Waals surface area contributed by atoms with Gasteiger partial charge in [0.25, 0.3) is 0 Å². The number of hydrogen-bond donors (Lipinski definition) is 0. The lowest BCUT2D eigenvalue weighted by molar-refractivity contribution is -0.163. The summed E-state index contributed by atoms with van der Waals surface area (Å²) < 4.78 is 17.5. The first-order valence-electron chi connectivity index (χ1n) is 31.5. The summed E-state index contributed by atoms with van der Waals surface area (Å²) in [6.45, 7) is 7.72. The summed E-state index contributed by atoms with van der Waals surface area (Å²) in [5.41, 5.74) is 0. The molecule has 0 bridgehead atoms. The summed E-state index contributed by atoms with van der Waals surface area (Å²) in [5.74, 6) is -0.398. The van der Waals surface area contributed by atoms with E-state index in [-0.39, 0.29) is 25.2 Å². The zero-order valence-corrected chi connectivity index (χ0v) is 48.2. The van der Waals surface area contributed by atoms with E-state index in [0.717, 1.165) is 70.6 Å². The maximum Gasteiger partial charge on any atom is 0.306 e. The average molecular weight is 1010 g/mol. The van der Waals surface area contributed by atoms with Crippen molar-refractivity contribution >= 4 is 11.9 Å². The second kappa shape index (κ2) is 62.6. The highest BCUT2D eigenvalue weighted by Crippen LogP contribution is 2.16. The van der Waals surface area contributed by atoms with Gasteiger partial charge in [0.05, 0.1) is 6.61 Å². The Kier molecular flexibility index (Phi) is 60.3. The van der Waals surface area contributed by atoms with Crippen LogP contribution in [0.25, 0.3) is 0 Å². The number of carbonyl (C=O) groups excluding carboxylic acids is 2. The van der Waals surface area contributed by atoms with Crippen LogP contribution < -0.4 is 0 Å². The number of allylic oxidation sites excluding steroid dienone is 12. The zero-order chi connectivity index (χ0) is 52.0. The molecule has 1 unspecified atom stereocenters. The van der Waals surface area contributed by atoms with Gasteiger partial charge in [0.2, 0.25) is 0 Å². The van der Waals surface area contributed by atoms with Crippen LogP contribution in [0, 0.1) is 0 Å². The molecule has 0 radical (unpaired) electrons. The molecule has 0 aromatic rings. The van der Waals surface area contributed by atoms with Crippen LogP contribution >= 0.6 is 0 Å². The quantitative estimate of drug-likeness (QED) is 0.0345. The van der Waals surface area contributed by atoms with Crippen molar-refractivity contribution in [2.45, 2.75) is 322 Å². The van der Waals surface area contributed by atoms with E-state index in [4.69, 9.17) is 14.2 Å². The van der Waals surface area contributed by atoms with Crippen LogP contribution in [0.1, 0.15) is 316 Å². The molecule has 418 valence electrons. The van der Waals surface area contributed by atoms with Gasteiger partial charge in [-0.15, -0.1) is 0 Å². The highest BCUT2D eigenvalue weighted by atomic mass is 16.6. The third kappa shape index (κ3) is 59.9. The van der Waals surface area contributed by atoms with Gasteiger partial charge in [-0.05, 0) is 109 Å². The fraction of sp³-hybridized carbons (Fsp3) is 0.791. The van der Waals surface area contributed by atoms with Gasteiger partial charge in [0.1, 0.15) is 6.61 Å². The Labute approximate surface area is 448 Å². The van der Waals surface area contributed by atoms with E-state index in [9.17, 15) is 9.59 Å². The smallest absolute Gasteiger partial charge is 0.306 e. The van der Waals surface area contributed by atoms with Gasteiger partial charge in [-0.3, -0.25) is 9.59 Å². The molecule has 0 aliphatic carbocycles. The molecule has 0 aliphatic heterocycles. The Morgan fingerprint density at radius 2 is 0.625 bits per heavy atom. The van der Waals surface area contributed by atoms with E-state index >= 15 is 0 Å². The SMILES string of the molecule is CC/C=C\C/C=C\C/C=C\C/C=C\CCCCCCCCCOCC(COC(=O)CCCCCCCCCCC/C=C\CCCCCCCC)OC(=O)CCCCCCCCC/C=C\CCCCCCCC. The molecule has 0 saturated heterocycles. The molecule has 5 heteroatoms. The molecular formula is C67H120O5. The summed E-state index contributed by atoms with van der Waals surface area (Å²) in [6.07, 6.45) is 82.2. The maximum absolute atomic E-state index is 12.9. The fourth-order valence-corrected chi connectivity index (χ4v) is 9.02. The third-order valence-electron chi connectivity index (χ3n) is 13.7. The molecule has 0 heterocycles. The summed E-state index contributed by atoms with van der Waals surface area (Å²) in [7, 11) is 0. The number of carbonyl (C=O) groups is 2. The molecule has 0 rings (SSSR count). The number of esters is 2. The number of rotatable bonds is 58. The van der Waals surface area contributed by atoms with Gasteiger partial charge in [-0.1, -0.05) is 267 Å². The van der Waals surface area contributed by atoms with E-state index in [2.05, 4.69) is 93.7 Å². The molecule has 1 atom stereocenters. The Bertz CT molecular complexity index is 1270. The van der Waals surface area contributed by atoms with Crippen molar-refractivity contribution in [3.8, 4) is 0 Å². The van der Waals surface area contributed by atoms with Crippen LogP contribution in [0.15, 0.2) is 72.9 Å². The van der Waals surface area contributed by atoms with Crippen LogP contribution in [-0.4, -0.2) is 37.9 Å². The van der Waals surface area contributed by atoms with Gasteiger partial charge >= 0.3 is 11.9 Å². The minimum absolute atomic E-state index is 0.0780. The third-order valence-corrected chi connectivity index (χ3v) is 13.7. The van der Waals surface area contributed by atoms with Crippen LogP contribution in [0.2, 0.25) is 0 Å². The second-order valence-corrected chi connectivity index (χ2v) is 20.9. The molecule has 0 aliphatic rings. The van der Waals surface area contributed by atoms with Crippen LogP contribution in [0.3, 0.4) is 0 Å². The summed E-state index contributed by atoms with van der Waals surface area (Å²) >= 11 is 0. The van der Waals surface area contributed by atoms with Gasteiger partial charge in [0.15, 0.2) is 6.10 Å². The Hall–Kier alpha value is -2.66. The van der Waals surface area contributed by atoms with Gasteiger partial charge in [-0.25, -0.2) is 0 Å². The maximum atomic E-state index is 12.9. The molecule has 0 amide bonds. The van der Waals surface area contributed by atoms with E-state index < -0.39 is 6.10 Å². The first-order chi connectivity index (χ1) is 35.6. The molecule has 0 aromatic heterocycles. The summed E-state index contributed by atoms with van der Waals surface area (Å²) in [6, 6.07) is 0. The van der Waals surface area contributed by atoms with E-state index in [0.29, 0.717) is 19.4 Å². The lowest BCUT2D eigenvalue weighted by Gasteiger charge is -2.18. The molecule has 0 spiro atoms. The van der Waals surface area contributed by atoms with Crippen LogP contribution in [-0.2, 0) is 23.8 Å². The number of unbranched alkanes of at least 4 members (excludes halogenated alkanes) is 35. The minimum atomic E-state index is -0.549. The monoisotopic (exact) mass is 1000 g/mol. The zero-order valence-electron chi connectivity index (χ0n) is 48.2. The predicted molar refractivity (Wildman–Crippen MR) is 316 cm³/mol. The highest BCUT2D eigenvalue weighted by molar-refractivity contribution is 5.70. The van der Waals surface area contributed by atoms with Crippen molar-refractivity contribution in [2.24, 2.45) is 0 Å². The molecule has 0 saturated carbocycles. The molecule has 72 heavy (non-hydrogen) atoms. The Morgan fingerprint density at radius 1 is 0.319 bits per heavy atom. The summed E-state index contributed by atoms with van der Waals surface area (Å²) in [5, 5.41) is 0. The Morgan fingerprint density at radius 3 is 1.01 bits per heavy atom. The first-order valence-corrected chi connectivity index (χ1v) is 31.5. The van der Waals surface area contributed by atoms with Gasteiger partial charge < -0.3 is 14.2 Å². The molecule has 0 aromatic carbocycles. The minimum Gasteiger partial charge on any atom is -0.462 e. The van der Waals surface area contributed by atoms with E-state index in [1.54, 1.807) is 0 Å². The van der Waals surface area contributed by atoms with Gasteiger partial charge in [-0.2, -0.15) is 0 Å². The molecule has 0 N–H and O–H groups in total. The van der Waals surface area contributed by atoms with Gasteiger partial charge in [0, 0.05) is 19.4 Å². The normalized spacial score (nSPS) is 12.7. The molecular weight excluding hydrogens is 885 g/mol. The van der Waals surface area contributed by atoms with Crippen molar-refractivity contribution in [2.75, 3.05) is 19.8 Å². The standard InChI is InChI=1S/C67H120O5/c1-4-7-10-13-16-19-22-25-28-31-33-35-38-41-44-47-50-53-56-59-62-70-63-65(72-67(69)61-58-55-52-49-46-43-40-36-30-27-24-21-18-15-12-9-6-3)64-71-66(68)60-57-54-51-48-45-42-39-37-34-32-29-26-23-20-17-14-11-8-5-2/h7,10,16,19,25-30,33,35,65H,4-6,8-9,11-15,17-18,20-24,31-32,34,36-64H2,1-3H3/b10-7-,19-16-,28-25-,29-26-,30-27-,35-33-. The largest absolute Gasteiger partial charge is 0.462 e. The topological polar surface area (TPSA) is 61.8 Å². The lowest BCUT2D eigenvalue weighted by Crippen LogP contribution is -2.30. The number of hydrogen-bond acceptors (Lipinski definition) is 5. The predicted octanol–water partition coefficient (Wildman–Crippen LogP) is 21.8. The first kappa shape index (κ1) is 69.3. The van der Waals surface area contributed by atoms with Crippen molar-refractivity contribution in [3.05, 3.63) is 72.9 Å². The Balaban J connectivity index is 4.29. The van der Waals surface area contributed by atoms with Crippen LogP contribution in [0.4, 0.5) is 0 Å². The number of ether oxygens (including phenoxy) is 3. The van der Waals surface area contributed by atoms with Crippen molar-refractivity contribution in [1.82, 2.24) is 0 Å². The molecule has 0 fully saturated rings. The van der Waals surface area contributed by atoms with E-state index in [1.807, 2.05) is 0 Å². The van der Waals surface area contributed by atoms with Crippen molar-refractivity contribution < 1.29 is 23.8 Å². The lowest BCUT2D eigenvalue weighted by atomic mass is 10.1. The highest BCUT2D eigenvalue weighted by Gasteiger charge is 2.17. The fourth-order valence-electron chi connectivity index (χ4n) is 9.02. The second-order valence-electron chi connectivity index (χ2n) is 20.9. The van der Waals surface area contributed by atoms with E-state index in [1.165, 1.54) is 212 Å². The van der Waals surface area contributed by atoms with Crippen molar-refractivity contribution in [1.29, 1.82) is 0 Å². The van der Waals surface area contributed by atoms with Crippen LogP contribution in [0.5, 0.6) is 0 Å². The van der Waals surface area contributed by atoms with Crippen molar-refractivity contribution in [3.63, 3.8) is 0 Å². The summed E-state index contributed by atoms with van der Waals surface area (Å²) in [4.78, 5) is 25.6. The average Bonchev–Trinajstić information content (AvgIpc) is 3.38. The molecule has 5 nitrogen and oxygen atoms in total.